The van der Waals surface area contributed by atoms with E-state index < -0.39 is 0 Å². The molecule has 0 bridgehead atoms. The lowest BCUT2D eigenvalue weighted by atomic mass is 10.1. The molecule has 2 aromatic carbocycles. The molecule has 20 heavy (non-hydrogen) atoms. The van der Waals surface area contributed by atoms with E-state index in [4.69, 9.17) is 5.73 Å². The van der Waals surface area contributed by atoms with E-state index in [0.29, 0.717) is 11.3 Å². The van der Waals surface area contributed by atoms with Crippen molar-refractivity contribution >= 4 is 44.1 Å². The molecule has 0 atom stereocenters. The Morgan fingerprint density at radius 2 is 1.90 bits per heavy atom. The van der Waals surface area contributed by atoms with Gasteiger partial charge in [-0.2, -0.15) is 0 Å². The molecule has 0 aliphatic rings. The van der Waals surface area contributed by atoms with Gasteiger partial charge < -0.3 is 16.0 Å². The minimum Gasteiger partial charge on any atom is -0.399 e. The summed E-state index contributed by atoms with van der Waals surface area (Å²) in [5, 5.41) is 3.68. The zero-order valence-corrected chi connectivity index (χ0v) is 12.1. The summed E-state index contributed by atoms with van der Waals surface area (Å²) in [4.78, 5) is 15.4. The number of amides is 1. The van der Waals surface area contributed by atoms with Gasteiger partial charge in [-0.25, -0.2) is 0 Å². The number of aromatic amines is 1. The second-order valence-electron chi connectivity index (χ2n) is 4.47. The first kappa shape index (κ1) is 12.7. The lowest BCUT2D eigenvalue weighted by Crippen LogP contribution is -2.11. The van der Waals surface area contributed by atoms with Gasteiger partial charge in [-0.15, -0.1) is 0 Å². The maximum absolute atomic E-state index is 12.3. The zero-order valence-electron chi connectivity index (χ0n) is 10.5. The second-order valence-corrected chi connectivity index (χ2v) is 5.38. The highest BCUT2D eigenvalue weighted by molar-refractivity contribution is 9.10. The SMILES string of the molecule is Nc1ccc2[nH]cc(C(=O)Nc3ccc(Br)cc3)c2c1. The first-order valence-corrected chi connectivity index (χ1v) is 6.86. The molecule has 4 N–H and O–H groups in total. The van der Waals surface area contributed by atoms with E-state index in [-0.39, 0.29) is 5.91 Å². The van der Waals surface area contributed by atoms with Crippen molar-refractivity contribution in [2.75, 3.05) is 11.1 Å². The number of fused-ring (bicyclic) bond motifs is 1. The Bertz CT molecular complexity index is 777. The molecule has 0 unspecified atom stereocenters. The molecule has 0 spiro atoms. The monoisotopic (exact) mass is 329 g/mol. The maximum atomic E-state index is 12.3. The fourth-order valence-electron chi connectivity index (χ4n) is 2.06. The number of anilines is 2. The van der Waals surface area contributed by atoms with Crippen molar-refractivity contribution in [1.82, 2.24) is 4.98 Å². The number of halogens is 1. The van der Waals surface area contributed by atoms with Crippen LogP contribution >= 0.6 is 15.9 Å². The zero-order chi connectivity index (χ0) is 14.1. The van der Waals surface area contributed by atoms with E-state index in [1.807, 2.05) is 30.3 Å². The molecule has 0 radical (unpaired) electrons. The molecule has 100 valence electrons. The predicted molar refractivity (Wildman–Crippen MR) is 84.8 cm³/mol. The number of hydrogen-bond donors (Lipinski definition) is 3. The van der Waals surface area contributed by atoms with Crippen LogP contribution in [0.4, 0.5) is 11.4 Å². The minimum absolute atomic E-state index is 0.163. The van der Waals surface area contributed by atoms with Gasteiger partial charge >= 0.3 is 0 Å². The standard InChI is InChI=1S/C15H12BrN3O/c16-9-1-4-11(5-2-9)19-15(20)13-8-18-14-6-3-10(17)7-12(13)14/h1-8,18H,17H2,(H,19,20). The topological polar surface area (TPSA) is 70.9 Å². The van der Waals surface area contributed by atoms with Gasteiger partial charge in [0.1, 0.15) is 0 Å². The van der Waals surface area contributed by atoms with Crippen LogP contribution in [0.1, 0.15) is 10.4 Å². The number of rotatable bonds is 2. The van der Waals surface area contributed by atoms with Crippen molar-refractivity contribution in [3.05, 3.63) is 58.7 Å². The third-order valence-corrected chi connectivity index (χ3v) is 3.58. The number of hydrogen-bond acceptors (Lipinski definition) is 2. The molecule has 3 aromatic rings. The van der Waals surface area contributed by atoms with Crippen molar-refractivity contribution < 1.29 is 4.79 Å². The molecule has 0 aliphatic carbocycles. The van der Waals surface area contributed by atoms with Gasteiger partial charge in [0, 0.05) is 32.9 Å². The minimum atomic E-state index is -0.163. The van der Waals surface area contributed by atoms with Crippen LogP contribution in [0.25, 0.3) is 10.9 Å². The number of H-pyrrole nitrogens is 1. The molecular formula is C15H12BrN3O. The van der Waals surface area contributed by atoms with Gasteiger partial charge in [-0.05, 0) is 42.5 Å². The van der Waals surface area contributed by atoms with Gasteiger partial charge in [-0.1, -0.05) is 15.9 Å². The Labute approximate surface area is 124 Å². The summed E-state index contributed by atoms with van der Waals surface area (Å²) >= 11 is 3.36. The number of nitrogen functional groups attached to an aromatic ring is 1. The molecule has 1 heterocycles. The Kier molecular flexibility index (Phi) is 3.20. The van der Waals surface area contributed by atoms with Crippen molar-refractivity contribution in [3.8, 4) is 0 Å². The number of nitrogens with two attached hydrogens (primary N) is 1. The van der Waals surface area contributed by atoms with Crippen LogP contribution in [0.2, 0.25) is 0 Å². The van der Waals surface area contributed by atoms with Gasteiger partial charge in [0.2, 0.25) is 0 Å². The largest absolute Gasteiger partial charge is 0.399 e. The fourth-order valence-corrected chi connectivity index (χ4v) is 2.32. The molecule has 1 aromatic heterocycles. The highest BCUT2D eigenvalue weighted by Crippen LogP contribution is 2.22. The first-order chi connectivity index (χ1) is 9.63. The third kappa shape index (κ3) is 2.40. The van der Waals surface area contributed by atoms with Crippen LogP contribution in [0, 0.1) is 0 Å². The number of nitrogens with one attached hydrogen (secondary N) is 2. The number of aromatic nitrogens is 1. The molecule has 0 fully saturated rings. The van der Waals surface area contributed by atoms with E-state index in [2.05, 4.69) is 26.2 Å². The Morgan fingerprint density at radius 3 is 2.65 bits per heavy atom. The van der Waals surface area contributed by atoms with Gasteiger partial charge in [0.05, 0.1) is 5.56 Å². The summed E-state index contributed by atoms with van der Waals surface area (Å²) in [6, 6.07) is 12.9. The molecule has 4 nitrogen and oxygen atoms in total. The molecular weight excluding hydrogens is 318 g/mol. The third-order valence-electron chi connectivity index (χ3n) is 3.05. The Morgan fingerprint density at radius 1 is 1.15 bits per heavy atom. The van der Waals surface area contributed by atoms with Gasteiger partial charge in [0.15, 0.2) is 0 Å². The smallest absolute Gasteiger partial charge is 0.257 e. The quantitative estimate of drug-likeness (QED) is 0.626. The lowest BCUT2D eigenvalue weighted by Gasteiger charge is -2.04. The highest BCUT2D eigenvalue weighted by atomic mass is 79.9. The van der Waals surface area contributed by atoms with Crippen LogP contribution in [-0.4, -0.2) is 10.9 Å². The Balaban J connectivity index is 1.92. The van der Waals surface area contributed by atoms with Crippen LogP contribution in [0.3, 0.4) is 0 Å². The van der Waals surface area contributed by atoms with E-state index >= 15 is 0 Å². The predicted octanol–water partition coefficient (Wildman–Crippen LogP) is 3.76. The van der Waals surface area contributed by atoms with Crippen LogP contribution < -0.4 is 11.1 Å². The number of benzene rings is 2. The second kappa shape index (κ2) is 5.02. The van der Waals surface area contributed by atoms with E-state index in [0.717, 1.165) is 21.1 Å². The Hall–Kier alpha value is -2.27. The molecule has 3 rings (SSSR count). The average molecular weight is 330 g/mol. The van der Waals surface area contributed by atoms with Gasteiger partial charge in [-0.3, -0.25) is 4.79 Å². The highest BCUT2D eigenvalue weighted by Gasteiger charge is 2.12. The summed E-state index contributed by atoms with van der Waals surface area (Å²) in [5.41, 5.74) is 8.62. The van der Waals surface area contributed by atoms with Crippen molar-refractivity contribution in [2.24, 2.45) is 0 Å². The summed E-state index contributed by atoms with van der Waals surface area (Å²) in [5.74, 6) is -0.163. The lowest BCUT2D eigenvalue weighted by molar-refractivity contribution is 0.102. The summed E-state index contributed by atoms with van der Waals surface area (Å²) < 4.78 is 0.968. The molecule has 0 aliphatic heterocycles. The molecule has 0 saturated heterocycles. The van der Waals surface area contributed by atoms with Crippen LogP contribution in [-0.2, 0) is 0 Å². The summed E-state index contributed by atoms with van der Waals surface area (Å²) in [6.45, 7) is 0. The average Bonchev–Trinajstić information content (AvgIpc) is 2.84. The number of carbonyl (C=O) groups is 1. The van der Waals surface area contributed by atoms with Gasteiger partial charge in [0.25, 0.3) is 5.91 Å². The van der Waals surface area contributed by atoms with E-state index in [1.54, 1.807) is 18.3 Å². The maximum Gasteiger partial charge on any atom is 0.257 e. The number of carbonyl (C=O) groups excluding carboxylic acids is 1. The van der Waals surface area contributed by atoms with Crippen molar-refractivity contribution in [2.45, 2.75) is 0 Å². The summed E-state index contributed by atoms with van der Waals surface area (Å²) in [6.07, 6.45) is 1.69. The van der Waals surface area contributed by atoms with E-state index in [9.17, 15) is 4.79 Å². The molecule has 0 saturated carbocycles. The fraction of sp³-hybridized carbons (Fsp3) is 0. The van der Waals surface area contributed by atoms with E-state index in [1.165, 1.54) is 0 Å². The normalized spacial score (nSPS) is 10.7. The summed E-state index contributed by atoms with van der Waals surface area (Å²) in [7, 11) is 0. The first-order valence-electron chi connectivity index (χ1n) is 6.07. The van der Waals surface area contributed by atoms with Crippen molar-refractivity contribution in [1.29, 1.82) is 0 Å². The molecule has 1 amide bonds. The molecule has 5 heteroatoms. The van der Waals surface area contributed by atoms with Crippen molar-refractivity contribution in [3.63, 3.8) is 0 Å². The van der Waals surface area contributed by atoms with Crippen LogP contribution in [0.5, 0.6) is 0 Å². The van der Waals surface area contributed by atoms with Crippen LogP contribution in [0.15, 0.2) is 53.1 Å².